The number of hydrogen-bond donors (Lipinski definition) is 3. The van der Waals surface area contributed by atoms with Crippen molar-refractivity contribution in [2.75, 3.05) is 12.1 Å². The molecule has 6 nitrogen and oxygen atoms in total. The second-order valence-corrected chi connectivity index (χ2v) is 6.08. The first-order valence-corrected chi connectivity index (χ1v) is 7.59. The Kier molecular flexibility index (Phi) is 4.68. The number of aromatic carboxylic acids is 1. The normalized spacial score (nSPS) is 10.7. The maximum atomic E-state index is 11.1. The number of aromatic nitrogens is 1. The lowest BCUT2D eigenvalue weighted by Gasteiger charge is -2.21. The van der Waals surface area contributed by atoms with E-state index in [9.17, 15) is 9.90 Å². The summed E-state index contributed by atoms with van der Waals surface area (Å²) in [5, 5.41) is 21.4. The van der Waals surface area contributed by atoms with Gasteiger partial charge in [0.2, 0.25) is 5.13 Å². The van der Waals surface area contributed by atoms with Gasteiger partial charge in [0.25, 0.3) is 0 Å². The molecule has 0 aliphatic carbocycles. The number of phenolic OH excluding ortho intramolecular Hbond substituents is 1. The van der Waals surface area contributed by atoms with Gasteiger partial charge >= 0.3 is 5.97 Å². The van der Waals surface area contributed by atoms with E-state index in [4.69, 9.17) is 5.11 Å². The Morgan fingerprint density at radius 3 is 2.36 bits per heavy atom. The van der Waals surface area contributed by atoms with Crippen LogP contribution < -0.4 is 10.4 Å². The number of hydrogen-bond acceptors (Lipinski definition) is 6. The van der Waals surface area contributed by atoms with Crippen LogP contribution >= 0.6 is 11.3 Å². The maximum absolute atomic E-state index is 11.1. The van der Waals surface area contributed by atoms with E-state index in [1.165, 1.54) is 0 Å². The van der Waals surface area contributed by atoms with Crippen molar-refractivity contribution in [3.8, 4) is 5.75 Å². The summed E-state index contributed by atoms with van der Waals surface area (Å²) < 4.78 is 0. The molecule has 0 aliphatic rings. The zero-order chi connectivity index (χ0) is 16.4. The Balaban J connectivity index is 2.30. The Morgan fingerprint density at radius 2 is 1.91 bits per heavy atom. The molecule has 0 amide bonds. The van der Waals surface area contributed by atoms with Gasteiger partial charge < -0.3 is 10.2 Å². The molecule has 118 valence electrons. The van der Waals surface area contributed by atoms with Gasteiger partial charge in [0.1, 0.15) is 10.6 Å². The van der Waals surface area contributed by atoms with Crippen LogP contribution in [0.2, 0.25) is 0 Å². The van der Waals surface area contributed by atoms with Gasteiger partial charge in [-0.3, -0.25) is 5.01 Å². The molecular weight excluding hydrogens is 302 g/mol. The molecule has 1 aromatic carbocycles. The first-order chi connectivity index (χ1) is 10.3. The summed E-state index contributed by atoms with van der Waals surface area (Å²) in [7, 11) is 1.76. The summed E-state index contributed by atoms with van der Waals surface area (Å²) in [5.41, 5.74) is 6.16. The van der Waals surface area contributed by atoms with Gasteiger partial charge in [-0.25, -0.2) is 15.2 Å². The van der Waals surface area contributed by atoms with Gasteiger partial charge in [0.15, 0.2) is 0 Å². The fourth-order valence-electron chi connectivity index (χ4n) is 2.26. The number of anilines is 1. The van der Waals surface area contributed by atoms with Gasteiger partial charge in [-0.15, -0.1) is 0 Å². The molecule has 0 aliphatic heterocycles. The number of nitrogens with zero attached hydrogens (tertiary/aromatic N) is 2. The standard InChI is InChI=1S/C15H19N3O3S/c1-8-5-11(6-9(2)12(8)19)7-18(16-4)15-17-10(3)13(22-15)14(20)21/h5-6,16,19H,7H2,1-4H3,(H,20,21). The first kappa shape index (κ1) is 16.3. The molecule has 0 saturated heterocycles. The number of carboxylic acids is 1. The van der Waals surface area contributed by atoms with Gasteiger partial charge in [-0.2, -0.15) is 0 Å². The van der Waals surface area contributed by atoms with Gasteiger partial charge in [-0.1, -0.05) is 23.5 Å². The van der Waals surface area contributed by atoms with Crippen molar-refractivity contribution < 1.29 is 15.0 Å². The molecule has 0 unspecified atom stereocenters. The number of thiazole rings is 1. The maximum Gasteiger partial charge on any atom is 0.347 e. The molecule has 0 radical (unpaired) electrons. The second-order valence-electron chi connectivity index (χ2n) is 5.10. The molecular formula is C15H19N3O3S. The minimum atomic E-state index is -0.964. The number of aromatic hydroxyl groups is 1. The first-order valence-electron chi connectivity index (χ1n) is 6.78. The molecule has 0 fully saturated rings. The van der Waals surface area contributed by atoms with Crippen LogP contribution in [0.5, 0.6) is 5.75 Å². The molecule has 1 heterocycles. The third-order valence-corrected chi connectivity index (χ3v) is 4.54. The number of rotatable bonds is 5. The molecule has 0 spiro atoms. The van der Waals surface area contributed by atoms with E-state index in [0.29, 0.717) is 23.1 Å². The highest BCUT2D eigenvalue weighted by atomic mass is 32.1. The lowest BCUT2D eigenvalue weighted by Crippen LogP contribution is -2.34. The van der Waals surface area contributed by atoms with Crippen molar-refractivity contribution in [1.82, 2.24) is 10.4 Å². The predicted octanol–water partition coefficient (Wildman–Crippen LogP) is 2.61. The molecule has 2 aromatic rings. The average molecular weight is 321 g/mol. The number of carboxylic acid groups (broad SMARTS) is 1. The average Bonchev–Trinajstić information content (AvgIpc) is 2.84. The summed E-state index contributed by atoms with van der Waals surface area (Å²) in [4.78, 5) is 15.7. The van der Waals surface area contributed by atoms with Crippen molar-refractivity contribution in [1.29, 1.82) is 0 Å². The Hall–Kier alpha value is -2.12. The minimum absolute atomic E-state index is 0.244. The van der Waals surface area contributed by atoms with Crippen LogP contribution in [0, 0.1) is 20.8 Å². The molecule has 0 atom stereocenters. The van der Waals surface area contributed by atoms with Gasteiger partial charge in [-0.05, 0) is 37.5 Å². The Bertz CT molecular complexity index is 689. The quantitative estimate of drug-likeness (QED) is 0.734. The molecule has 3 N–H and O–H groups in total. The van der Waals surface area contributed by atoms with Crippen LogP contribution in [-0.2, 0) is 6.54 Å². The molecule has 2 rings (SSSR count). The fraction of sp³-hybridized carbons (Fsp3) is 0.333. The van der Waals surface area contributed by atoms with Crippen LogP contribution in [-0.4, -0.2) is 28.2 Å². The van der Waals surface area contributed by atoms with E-state index in [1.54, 1.807) is 19.0 Å². The number of aryl methyl sites for hydroxylation is 3. The van der Waals surface area contributed by atoms with Crippen molar-refractivity contribution in [3.05, 3.63) is 39.4 Å². The number of hydrazine groups is 1. The number of carbonyl (C=O) groups is 1. The van der Waals surface area contributed by atoms with E-state index in [1.807, 2.05) is 26.0 Å². The molecule has 1 aromatic heterocycles. The summed E-state index contributed by atoms with van der Waals surface area (Å²) in [6.45, 7) is 5.91. The van der Waals surface area contributed by atoms with E-state index in [-0.39, 0.29) is 4.88 Å². The molecule has 7 heteroatoms. The van der Waals surface area contributed by atoms with E-state index in [0.717, 1.165) is 28.0 Å². The van der Waals surface area contributed by atoms with Gasteiger partial charge in [0.05, 0.1) is 12.2 Å². The smallest absolute Gasteiger partial charge is 0.347 e. The van der Waals surface area contributed by atoms with Crippen molar-refractivity contribution >= 4 is 22.4 Å². The number of benzene rings is 1. The number of nitrogens with one attached hydrogen (secondary N) is 1. The number of phenols is 1. The Labute approximate surface area is 133 Å². The van der Waals surface area contributed by atoms with Crippen molar-refractivity contribution in [2.24, 2.45) is 0 Å². The van der Waals surface area contributed by atoms with E-state index in [2.05, 4.69) is 10.4 Å². The highest BCUT2D eigenvalue weighted by Gasteiger charge is 2.18. The zero-order valence-corrected chi connectivity index (χ0v) is 13.8. The summed E-state index contributed by atoms with van der Waals surface area (Å²) in [6, 6.07) is 3.82. The third kappa shape index (κ3) is 3.20. The lowest BCUT2D eigenvalue weighted by molar-refractivity contribution is 0.0701. The molecule has 22 heavy (non-hydrogen) atoms. The van der Waals surface area contributed by atoms with Crippen LogP contribution in [0.15, 0.2) is 12.1 Å². The molecule has 0 saturated carbocycles. The third-order valence-electron chi connectivity index (χ3n) is 3.37. The van der Waals surface area contributed by atoms with Gasteiger partial charge in [0, 0.05) is 7.05 Å². The molecule has 0 bridgehead atoms. The minimum Gasteiger partial charge on any atom is -0.507 e. The monoisotopic (exact) mass is 321 g/mol. The second kappa shape index (κ2) is 6.33. The largest absolute Gasteiger partial charge is 0.507 e. The fourth-order valence-corrected chi connectivity index (χ4v) is 3.17. The predicted molar refractivity (Wildman–Crippen MR) is 86.6 cm³/mol. The summed E-state index contributed by atoms with van der Waals surface area (Å²) >= 11 is 1.13. The zero-order valence-electron chi connectivity index (χ0n) is 13.0. The van der Waals surface area contributed by atoms with E-state index >= 15 is 0 Å². The summed E-state index contributed by atoms with van der Waals surface area (Å²) in [6.07, 6.45) is 0. The lowest BCUT2D eigenvalue weighted by atomic mass is 10.1. The van der Waals surface area contributed by atoms with Crippen LogP contribution in [0.4, 0.5) is 5.13 Å². The highest BCUT2D eigenvalue weighted by molar-refractivity contribution is 7.17. The van der Waals surface area contributed by atoms with Crippen LogP contribution in [0.25, 0.3) is 0 Å². The van der Waals surface area contributed by atoms with Crippen LogP contribution in [0.1, 0.15) is 32.1 Å². The van der Waals surface area contributed by atoms with Crippen molar-refractivity contribution in [3.63, 3.8) is 0 Å². The van der Waals surface area contributed by atoms with Crippen molar-refractivity contribution in [2.45, 2.75) is 27.3 Å². The van der Waals surface area contributed by atoms with E-state index < -0.39 is 5.97 Å². The Morgan fingerprint density at radius 1 is 1.32 bits per heavy atom. The topological polar surface area (TPSA) is 85.7 Å². The van der Waals surface area contributed by atoms with Crippen LogP contribution in [0.3, 0.4) is 0 Å². The highest BCUT2D eigenvalue weighted by Crippen LogP contribution is 2.28. The summed E-state index contributed by atoms with van der Waals surface area (Å²) in [5.74, 6) is -0.661. The SMILES string of the molecule is CNN(Cc1cc(C)c(O)c(C)c1)c1nc(C)c(C(=O)O)s1.